The molecule has 8 heteroatoms. The smallest absolute Gasteiger partial charge is 0.251 e. The molecule has 1 aromatic carbocycles. The monoisotopic (exact) mass is 365 g/mol. The van der Waals surface area contributed by atoms with Gasteiger partial charge in [-0.05, 0) is 26.1 Å². The molecule has 1 amide bonds. The molecule has 25 heavy (non-hydrogen) atoms. The highest BCUT2D eigenvalue weighted by Crippen LogP contribution is 2.17. The van der Waals surface area contributed by atoms with Gasteiger partial charge >= 0.3 is 0 Å². The number of benzene rings is 1. The van der Waals surface area contributed by atoms with E-state index < -0.39 is 0 Å². The van der Waals surface area contributed by atoms with E-state index in [4.69, 9.17) is 4.52 Å². The quantitative estimate of drug-likeness (QED) is 0.834. The number of nitrogens with one attached hydrogen (secondary N) is 2. The maximum absolute atomic E-state index is 12.1. The largest absolute Gasteiger partial charge is 0.349 e. The van der Waals surface area contributed by atoms with Gasteiger partial charge in [0.2, 0.25) is 5.89 Å². The minimum atomic E-state index is -0.0981. The minimum absolute atomic E-state index is 0. The van der Waals surface area contributed by atoms with Crippen LogP contribution in [0.3, 0.4) is 0 Å². The number of nitrogens with zero attached hydrogens (tertiary/aromatic N) is 3. The van der Waals surface area contributed by atoms with Crippen LogP contribution in [0.5, 0.6) is 0 Å². The Balaban J connectivity index is 0.00000225. The number of carbonyl (C=O) groups excluding carboxylic acids is 1. The van der Waals surface area contributed by atoms with Crippen molar-refractivity contribution in [1.82, 2.24) is 25.7 Å². The molecule has 0 saturated carbocycles. The van der Waals surface area contributed by atoms with Crippen molar-refractivity contribution < 1.29 is 9.32 Å². The number of hydrogen-bond donors (Lipinski definition) is 2. The van der Waals surface area contributed by atoms with Gasteiger partial charge in [0.25, 0.3) is 5.91 Å². The van der Waals surface area contributed by atoms with Gasteiger partial charge in [-0.25, -0.2) is 0 Å². The molecule has 1 aliphatic heterocycles. The van der Waals surface area contributed by atoms with Crippen LogP contribution in [0.1, 0.15) is 35.0 Å². The molecule has 1 aromatic heterocycles. The number of rotatable bonds is 5. The Morgan fingerprint density at radius 1 is 1.44 bits per heavy atom. The van der Waals surface area contributed by atoms with Crippen molar-refractivity contribution in [2.45, 2.75) is 25.4 Å². The number of piperazine rings is 1. The first-order valence-corrected chi connectivity index (χ1v) is 8.23. The first-order chi connectivity index (χ1) is 11.6. The van der Waals surface area contributed by atoms with E-state index in [0.29, 0.717) is 23.7 Å². The van der Waals surface area contributed by atoms with Crippen LogP contribution >= 0.6 is 12.4 Å². The Bertz CT molecular complexity index is 679. The van der Waals surface area contributed by atoms with Crippen molar-refractivity contribution >= 4 is 18.3 Å². The summed E-state index contributed by atoms with van der Waals surface area (Å²) < 4.78 is 5.36. The van der Waals surface area contributed by atoms with E-state index in [-0.39, 0.29) is 30.4 Å². The molecule has 1 saturated heterocycles. The number of aromatic nitrogens is 2. The molecular weight excluding hydrogens is 342 g/mol. The fourth-order valence-electron chi connectivity index (χ4n) is 2.79. The van der Waals surface area contributed by atoms with Crippen molar-refractivity contribution in [3.8, 4) is 0 Å². The molecule has 2 unspecified atom stereocenters. The lowest BCUT2D eigenvalue weighted by molar-refractivity contribution is 0.0938. The maximum Gasteiger partial charge on any atom is 0.251 e. The number of amides is 1. The Morgan fingerprint density at radius 2 is 2.20 bits per heavy atom. The van der Waals surface area contributed by atoms with Gasteiger partial charge in [0.15, 0.2) is 5.82 Å². The third kappa shape index (κ3) is 5.01. The Kier molecular flexibility index (Phi) is 6.92. The summed E-state index contributed by atoms with van der Waals surface area (Å²) in [5.41, 5.74) is 0.644. The zero-order chi connectivity index (χ0) is 16.9. The van der Waals surface area contributed by atoms with Gasteiger partial charge < -0.3 is 15.2 Å². The predicted octanol–water partition coefficient (Wildman–Crippen LogP) is 1.43. The van der Waals surface area contributed by atoms with Crippen LogP contribution in [-0.4, -0.2) is 53.7 Å². The first-order valence-electron chi connectivity index (χ1n) is 8.23. The van der Waals surface area contributed by atoms with Crippen molar-refractivity contribution in [2.24, 2.45) is 0 Å². The number of halogens is 1. The summed E-state index contributed by atoms with van der Waals surface area (Å²) in [7, 11) is 2.06. The third-order valence-electron chi connectivity index (χ3n) is 4.19. The standard InChI is InChI=1S/C17H23N5O2.ClH/c1-12(19-17(23)13-6-4-3-5-7-13)10-15-20-16(21-24-15)14-11-18-8-9-22(14)2;/h3-7,12,14,18H,8-11H2,1-2H3,(H,19,23);1H. The molecule has 1 fully saturated rings. The van der Waals surface area contributed by atoms with Crippen molar-refractivity contribution in [1.29, 1.82) is 0 Å². The molecule has 0 bridgehead atoms. The number of carbonyl (C=O) groups is 1. The molecule has 3 rings (SSSR count). The molecule has 1 aliphatic rings. The average molecular weight is 366 g/mol. The highest BCUT2D eigenvalue weighted by molar-refractivity contribution is 5.94. The molecule has 0 radical (unpaired) electrons. The molecule has 2 atom stereocenters. The molecular formula is C17H24ClN5O2. The molecule has 136 valence electrons. The summed E-state index contributed by atoms with van der Waals surface area (Å²) in [6.45, 7) is 4.67. The van der Waals surface area contributed by atoms with E-state index in [1.165, 1.54) is 0 Å². The van der Waals surface area contributed by atoms with Crippen LogP contribution in [-0.2, 0) is 6.42 Å². The van der Waals surface area contributed by atoms with Crippen LogP contribution in [0, 0.1) is 0 Å². The highest BCUT2D eigenvalue weighted by Gasteiger charge is 2.25. The van der Waals surface area contributed by atoms with Gasteiger partial charge in [-0.1, -0.05) is 23.4 Å². The summed E-state index contributed by atoms with van der Waals surface area (Å²) in [6, 6.07) is 9.20. The zero-order valence-electron chi connectivity index (χ0n) is 14.4. The van der Waals surface area contributed by atoms with Gasteiger partial charge in [-0.15, -0.1) is 12.4 Å². The fourth-order valence-corrected chi connectivity index (χ4v) is 2.79. The second kappa shape index (κ2) is 8.94. The van der Waals surface area contributed by atoms with Gasteiger partial charge in [-0.2, -0.15) is 4.98 Å². The second-order valence-electron chi connectivity index (χ2n) is 6.19. The van der Waals surface area contributed by atoms with Crippen molar-refractivity contribution in [2.75, 3.05) is 26.7 Å². The summed E-state index contributed by atoms with van der Waals surface area (Å²) in [6.07, 6.45) is 0.509. The number of likely N-dealkylation sites (N-methyl/N-ethyl adjacent to an activating group) is 1. The van der Waals surface area contributed by atoms with E-state index in [2.05, 4.69) is 32.7 Å². The second-order valence-corrected chi connectivity index (χ2v) is 6.19. The van der Waals surface area contributed by atoms with Crippen molar-refractivity contribution in [3.63, 3.8) is 0 Å². The van der Waals surface area contributed by atoms with Crippen LogP contribution in [0.15, 0.2) is 34.9 Å². The third-order valence-corrected chi connectivity index (χ3v) is 4.19. The van der Waals surface area contributed by atoms with Crippen molar-refractivity contribution in [3.05, 3.63) is 47.6 Å². The van der Waals surface area contributed by atoms with E-state index in [1.807, 2.05) is 25.1 Å². The molecule has 2 aromatic rings. The summed E-state index contributed by atoms with van der Waals surface area (Å²) in [5, 5.41) is 10.4. The SMILES string of the molecule is CC(Cc1nc(C2CNCCN2C)no1)NC(=O)c1ccccc1.Cl. The first kappa shape index (κ1) is 19.4. The van der Waals surface area contributed by atoms with Crippen LogP contribution < -0.4 is 10.6 Å². The summed E-state index contributed by atoms with van der Waals surface area (Å²) >= 11 is 0. The summed E-state index contributed by atoms with van der Waals surface area (Å²) in [5.74, 6) is 1.14. The molecule has 0 aliphatic carbocycles. The topological polar surface area (TPSA) is 83.3 Å². The molecule has 2 heterocycles. The number of hydrogen-bond acceptors (Lipinski definition) is 6. The van der Waals surface area contributed by atoms with E-state index >= 15 is 0 Å². The Hall–Kier alpha value is -1.96. The van der Waals surface area contributed by atoms with Crippen LogP contribution in [0.4, 0.5) is 0 Å². The fraction of sp³-hybridized carbons (Fsp3) is 0.471. The van der Waals surface area contributed by atoms with Gasteiger partial charge in [-0.3, -0.25) is 9.69 Å². The Labute approximate surface area is 153 Å². The lowest BCUT2D eigenvalue weighted by Gasteiger charge is -2.30. The zero-order valence-corrected chi connectivity index (χ0v) is 15.3. The van der Waals surface area contributed by atoms with Gasteiger partial charge in [0.1, 0.15) is 0 Å². The maximum atomic E-state index is 12.1. The van der Waals surface area contributed by atoms with E-state index in [0.717, 1.165) is 19.6 Å². The summed E-state index contributed by atoms with van der Waals surface area (Å²) in [4.78, 5) is 18.9. The van der Waals surface area contributed by atoms with Crippen LogP contribution in [0.25, 0.3) is 0 Å². The van der Waals surface area contributed by atoms with Gasteiger partial charge in [0, 0.05) is 37.7 Å². The average Bonchev–Trinajstić information content (AvgIpc) is 3.04. The lowest BCUT2D eigenvalue weighted by Crippen LogP contribution is -2.44. The van der Waals surface area contributed by atoms with E-state index in [9.17, 15) is 4.79 Å². The van der Waals surface area contributed by atoms with Gasteiger partial charge in [0.05, 0.1) is 6.04 Å². The Morgan fingerprint density at radius 3 is 2.92 bits per heavy atom. The molecule has 2 N–H and O–H groups in total. The molecule has 0 spiro atoms. The normalized spacial score (nSPS) is 19.0. The lowest BCUT2D eigenvalue weighted by atomic mass is 10.1. The predicted molar refractivity (Wildman–Crippen MR) is 96.9 cm³/mol. The highest BCUT2D eigenvalue weighted by atomic mass is 35.5. The van der Waals surface area contributed by atoms with Crippen LogP contribution in [0.2, 0.25) is 0 Å². The van der Waals surface area contributed by atoms with E-state index in [1.54, 1.807) is 12.1 Å². The molecule has 7 nitrogen and oxygen atoms in total. The minimum Gasteiger partial charge on any atom is -0.349 e.